The molecular formula is C15H25N3O2. The van der Waals surface area contributed by atoms with Crippen molar-refractivity contribution in [2.45, 2.75) is 20.4 Å². The zero-order chi connectivity index (χ0) is 15.0. The molecule has 0 atom stereocenters. The van der Waals surface area contributed by atoms with Gasteiger partial charge in [-0.1, -0.05) is 26.0 Å². The van der Waals surface area contributed by atoms with Crippen molar-refractivity contribution in [1.82, 2.24) is 4.90 Å². The Morgan fingerprint density at radius 2 is 2.15 bits per heavy atom. The van der Waals surface area contributed by atoms with Gasteiger partial charge in [-0.05, 0) is 23.6 Å². The Morgan fingerprint density at radius 3 is 2.75 bits per heavy atom. The van der Waals surface area contributed by atoms with E-state index in [2.05, 4.69) is 13.8 Å². The fourth-order valence-electron chi connectivity index (χ4n) is 2.03. The summed E-state index contributed by atoms with van der Waals surface area (Å²) in [6.07, 6.45) is 0. The molecule has 0 heterocycles. The SMILES string of the molecule is CC(C)CN(CCOc1cccc(CN)c1)CC(N)=O. The minimum atomic E-state index is -0.309. The molecule has 4 N–H and O–H groups in total. The minimum absolute atomic E-state index is 0.268. The molecule has 0 radical (unpaired) electrons. The maximum absolute atomic E-state index is 11.0. The van der Waals surface area contributed by atoms with Gasteiger partial charge in [0.1, 0.15) is 12.4 Å². The monoisotopic (exact) mass is 279 g/mol. The van der Waals surface area contributed by atoms with Gasteiger partial charge in [-0.3, -0.25) is 9.69 Å². The van der Waals surface area contributed by atoms with E-state index < -0.39 is 0 Å². The van der Waals surface area contributed by atoms with Crippen LogP contribution in [0.1, 0.15) is 19.4 Å². The molecule has 0 aliphatic rings. The average Bonchev–Trinajstić information content (AvgIpc) is 2.37. The topological polar surface area (TPSA) is 81.6 Å². The van der Waals surface area contributed by atoms with Crippen molar-refractivity contribution in [2.75, 3.05) is 26.2 Å². The molecule has 0 aliphatic heterocycles. The van der Waals surface area contributed by atoms with E-state index in [0.29, 0.717) is 25.6 Å². The average molecular weight is 279 g/mol. The summed E-state index contributed by atoms with van der Waals surface area (Å²) in [7, 11) is 0. The predicted molar refractivity (Wildman–Crippen MR) is 80.3 cm³/mol. The molecule has 1 amide bonds. The van der Waals surface area contributed by atoms with Crippen LogP contribution >= 0.6 is 0 Å². The number of amides is 1. The van der Waals surface area contributed by atoms with Gasteiger partial charge in [0, 0.05) is 19.6 Å². The Bertz CT molecular complexity index is 421. The van der Waals surface area contributed by atoms with Gasteiger partial charge in [0.25, 0.3) is 0 Å². The summed E-state index contributed by atoms with van der Waals surface area (Å²) in [5.41, 5.74) is 11.9. The molecule has 1 rings (SSSR count). The number of hydrogen-bond donors (Lipinski definition) is 2. The highest BCUT2D eigenvalue weighted by atomic mass is 16.5. The molecule has 0 unspecified atom stereocenters. The fourth-order valence-corrected chi connectivity index (χ4v) is 2.03. The van der Waals surface area contributed by atoms with Crippen LogP contribution in [0, 0.1) is 5.92 Å². The third kappa shape index (κ3) is 6.54. The number of primary amides is 1. The lowest BCUT2D eigenvalue weighted by Crippen LogP contribution is -2.38. The summed E-state index contributed by atoms with van der Waals surface area (Å²) in [4.78, 5) is 13.0. The van der Waals surface area contributed by atoms with E-state index in [0.717, 1.165) is 17.9 Å². The highest BCUT2D eigenvalue weighted by Crippen LogP contribution is 2.12. The molecule has 0 aromatic heterocycles. The van der Waals surface area contributed by atoms with Crippen LogP contribution < -0.4 is 16.2 Å². The van der Waals surface area contributed by atoms with Crippen molar-refractivity contribution < 1.29 is 9.53 Å². The van der Waals surface area contributed by atoms with Gasteiger partial charge in [-0.2, -0.15) is 0 Å². The Balaban J connectivity index is 2.44. The van der Waals surface area contributed by atoms with Crippen LogP contribution in [0.3, 0.4) is 0 Å². The molecule has 0 fully saturated rings. The van der Waals surface area contributed by atoms with Crippen LogP contribution in [0.2, 0.25) is 0 Å². The number of nitrogens with zero attached hydrogens (tertiary/aromatic N) is 1. The molecule has 0 saturated carbocycles. The quantitative estimate of drug-likeness (QED) is 0.705. The van der Waals surface area contributed by atoms with Gasteiger partial charge in [0.05, 0.1) is 6.54 Å². The van der Waals surface area contributed by atoms with Gasteiger partial charge in [-0.25, -0.2) is 0 Å². The summed E-state index contributed by atoms with van der Waals surface area (Å²) in [6, 6.07) is 7.72. The van der Waals surface area contributed by atoms with E-state index >= 15 is 0 Å². The van der Waals surface area contributed by atoms with Crippen molar-refractivity contribution in [3.8, 4) is 5.75 Å². The molecule has 0 saturated heterocycles. The van der Waals surface area contributed by atoms with Crippen LogP contribution in [0.4, 0.5) is 0 Å². The first-order valence-corrected chi connectivity index (χ1v) is 6.93. The summed E-state index contributed by atoms with van der Waals surface area (Å²) >= 11 is 0. The van der Waals surface area contributed by atoms with E-state index in [-0.39, 0.29) is 12.5 Å². The molecule has 0 spiro atoms. The van der Waals surface area contributed by atoms with Crippen LogP contribution in [0.15, 0.2) is 24.3 Å². The minimum Gasteiger partial charge on any atom is -0.492 e. The molecule has 0 bridgehead atoms. The number of benzene rings is 1. The molecule has 20 heavy (non-hydrogen) atoms. The van der Waals surface area contributed by atoms with E-state index in [1.54, 1.807) is 0 Å². The number of rotatable bonds is 9. The maximum atomic E-state index is 11.0. The third-order valence-corrected chi connectivity index (χ3v) is 2.81. The van der Waals surface area contributed by atoms with Crippen molar-refractivity contribution >= 4 is 5.91 Å². The van der Waals surface area contributed by atoms with Gasteiger partial charge in [-0.15, -0.1) is 0 Å². The van der Waals surface area contributed by atoms with E-state index in [9.17, 15) is 4.79 Å². The molecular weight excluding hydrogens is 254 g/mol. The van der Waals surface area contributed by atoms with Gasteiger partial charge < -0.3 is 16.2 Å². The number of carbonyl (C=O) groups excluding carboxylic acids is 1. The van der Waals surface area contributed by atoms with Crippen molar-refractivity contribution in [2.24, 2.45) is 17.4 Å². The largest absolute Gasteiger partial charge is 0.492 e. The number of ether oxygens (including phenoxy) is 1. The van der Waals surface area contributed by atoms with Crippen LogP contribution in [-0.4, -0.2) is 37.0 Å². The van der Waals surface area contributed by atoms with Gasteiger partial charge >= 0.3 is 0 Å². The fraction of sp³-hybridized carbons (Fsp3) is 0.533. The standard InChI is InChI=1S/C15H25N3O2/c1-12(2)10-18(11-15(17)19)6-7-20-14-5-3-4-13(8-14)9-16/h3-5,8,12H,6-7,9-11,16H2,1-2H3,(H2,17,19). The van der Waals surface area contributed by atoms with Crippen molar-refractivity contribution in [3.05, 3.63) is 29.8 Å². The number of hydrogen-bond acceptors (Lipinski definition) is 4. The van der Waals surface area contributed by atoms with Gasteiger partial charge in [0.2, 0.25) is 5.91 Å². The lowest BCUT2D eigenvalue weighted by Gasteiger charge is -2.22. The maximum Gasteiger partial charge on any atom is 0.231 e. The number of carbonyl (C=O) groups is 1. The van der Waals surface area contributed by atoms with Crippen LogP contribution in [0.5, 0.6) is 5.75 Å². The third-order valence-electron chi connectivity index (χ3n) is 2.81. The van der Waals surface area contributed by atoms with Crippen LogP contribution in [0.25, 0.3) is 0 Å². The molecule has 5 nitrogen and oxygen atoms in total. The normalized spacial score (nSPS) is 11.1. The second-order valence-corrected chi connectivity index (χ2v) is 5.30. The second-order valence-electron chi connectivity index (χ2n) is 5.30. The lowest BCUT2D eigenvalue weighted by molar-refractivity contribution is -0.119. The van der Waals surface area contributed by atoms with Gasteiger partial charge in [0.15, 0.2) is 0 Å². The molecule has 112 valence electrons. The lowest BCUT2D eigenvalue weighted by atomic mass is 10.2. The van der Waals surface area contributed by atoms with Crippen molar-refractivity contribution in [1.29, 1.82) is 0 Å². The predicted octanol–water partition coefficient (Wildman–Crippen LogP) is 0.967. The second kappa shape index (κ2) is 8.55. The molecule has 1 aromatic rings. The first-order chi connectivity index (χ1) is 9.51. The summed E-state index contributed by atoms with van der Waals surface area (Å²) < 4.78 is 5.69. The smallest absolute Gasteiger partial charge is 0.231 e. The summed E-state index contributed by atoms with van der Waals surface area (Å²) in [6.45, 7) is 7.01. The molecule has 0 aliphatic carbocycles. The Hall–Kier alpha value is -1.59. The van der Waals surface area contributed by atoms with E-state index in [1.807, 2.05) is 29.2 Å². The summed E-state index contributed by atoms with van der Waals surface area (Å²) in [5, 5.41) is 0. The Morgan fingerprint density at radius 1 is 1.40 bits per heavy atom. The van der Waals surface area contributed by atoms with E-state index in [4.69, 9.17) is 16.2 Å². The van der Waals surface area contributed by atoms with Crippen molar-refractivity contribution in [3.63, 3.8) is 0 Å². The number of nitrogens with two attached hydrogens (primary N) is 2. The Labute approximate surface area is 120 Å². The first-order valence-electron chi connectivity index (χ1n) is 6.93. The van der Waals surface area contributed by atoms with Crippen LogP contribution in [-0.2, 0) is 11.3 Å². The zero-order valence-corrected chi connectivity index (χ0v) is 12.3. The Kier molecular flexibility index (Phi) is 7.04. The molecule has 1 aromatic carbocycles. The van der Waals surface area contributed by atoms with E-state index in [1.165, 1.54) is 0 Å². The highest BCUT2D eigenvalue weighted by Gasteiger charge is 2.10. The first kappa shape index (κ1) is 16.5. The molecule has 5 heteroatoms. The summed E-state index contributed by atoms with van der Waals surface area (Å²) in [5.74, 6) is 0.974. The highest BCUT2D eigenvalue weighted by molar-refractivity contribution is 5.75. The zero-order valence-electron chi connectivity index (χ0n) is 12.3.